The summed E-state index contributed by atoms with van der Waals surface area (Å²) in [6.07, 6.45) is -8.73. The number of carbonyl (C=O) groups is 2. The first-order valence-corrected chi connectivity index (χ1v) is 22.1. The molecule has 1 N–H and O–H groups in total. The third-order valence-corrected chi connectivity index (χ3v) is 11.3. The van der Waals surface area contributed by atoms with Crippen LogP contribution in [0.4, 0.5) is 26.3 Å². The van der Waals surface area contributed by atoms with Crippen LogP contribution < -0.4 is 9.47 Å². The second-order valence-electron chi connectivity index (χ2n) is 16.5. The molecule has 2 heterocycles. The van der Waals surface area contributed by atoms with Crippen LogP contribution in [0.5, 0.6) is 11.5 Å². The second kappa shape index (κ2) is 24.8. The Bertz CT molecular complexity index is 3020. The highest BCUT2D eigenvalue weighted by atomic mass is 19.4. The average molecular weight is 1010 g/mol. The van der Waals surface area contributed by atoms with Crippen LogP contribution >= 0.6 is 0 Å². The van der Waals surface area contributed by atoms with E-state index < -0.39 is 35.4 Å². The van der Waals surface area contributed by atoms with Gasteiger partial charge in [0.1, 0.15) is 36.2 Å². The van der Waals surface area contributed by atoms with Crippen LogP contribution in [0, 0.1) is 13.8 Å². The number of ether oxygens (including phenoxy) is 3. The number of aromatic nitrogens is 2. The maximum atomic E-state index is 12.8. The zero-order chi connectivity index (χ0) is 50.7. The molecule has 0 amide bonds. The van der Waals surface area contributed by atoms with E-state index in [0.29, 0.717) is 45.5 Å². The van der Waals surface area contributed by atoms with Gasteiger partial charge < -0.3 is 28.4 Å². The van der Waals surface area contributed by atoms with Gasteiger partial charge in [-0.1, -0.05) is 110 Å². The van der Waals surface area contributed by atoms with E-state index in [9.17, 15) is 41.0 Å². The smallest absolute Gasteiger partial charge is 0.416 e. The van der Waals surface area contributed by atoms with Gasteiger partial charge in [0.15, 0.2) is 0 Å². The number of carboxylic acid groups (broad SMARTS) is 1. The summed E-state index contributed by atoms with van der Waals surface area (Å²) in [5, 5.41) is 17.3. The topological polar surface area (TPSA) is 134 Å². The molecule has 8 aromatic rings. The van der Waals surface area contributed by atoms with Gasteiger partial charge in [-0.2, -0.15) is 26.3 Å². The zero-order valence-corrected chi connectivity index (χ0v) is 38.5. The number of rotatable bonds is 16. The van der Waals surface area contributed by atoms with Crippen molar-refractivity contribution in [3.63, 3.8) is 0 Å². The summed E-state index contributed by atoms with van der Waals surface area (Å²) in [7, 11) is 1.34. The Balaban J connectivity index is 0.000000264. The number of aliphatic carboxylic acids is 1. The maximum absolute atomic E-state index is 12.8. The number of halogens is 6. The number of hydrogen-bond acceptors (Lipinski definition) is 9. The predicted molar refractivity (Wildman–Crippen MR) is 264 cm³/mol. The Morgan fingerprint density at radius 2 is 0.918 bits per heavy atom. The van der Waals surface area contributed by atoms with Gasteiger partial charge in [-0.15, -0.1) is 0 Å². The molecule has 0 aliphatic carbocycles. The minimum Gasteiger partial charge on any atom is -0.489 e. The van der Waals surface area contributed by atoms with Crippen molar-refractivity contribution >= 4 is 11.9 Å². The van der Waals surface area contributed by atoms with E-state index in [1.165, 1.54) is 31.4 Å². The van der Waals surface area contributed by atoms with Crippen molar-refractivity contribution in [3.05, 3.63) is 214 Å². The highest BCUT2D eigenvalue weighted by molar-refractivity contribution is 5.71. The van der Waals surface area contributed by atoms with E-state index in [2.05, 4.69) is 10.3 Å². The van der Waals surface area contributed by atoms with Crippen LogP contribution in [0.15, 0.2) is 167 Å². The van der Waals surface area contributed by atoms with Crippen molar-refractivity contribution in [2.24, 2.45) is 0 Å². The lowest BCUT2D eigenvalue weighted by atomic mass is 9.92. The molecule has 2 atom stereocenters. The fourth-order valence-corrected chi connectivity index (χ4v) is 7.62. The minimum atomic E-state index is -4.37. The SMILES string of the molecule is C.C.COC(=O)C[C@@H](c1ccc(OCc2cccc(-c3ccc(C(F)(F)F)cc3)c2)cc1)c1cc(C)on1.Cc1cc([C@@H](CC(=O)O)c2ccc(OCc3cccc(-c4ccc(C(F)(F)F)cc4)c3)cc2)no1. The number of carboxylic acids is 1. The third kappa shape index (κ3) is 15.4. The van der Waals surface area contributed by atoms with Crippen molar-refractivity contribution in [2.45, 2.75) is 78.9 Å². The molecule has 0 saturated carbocycles. The average Bonchev–Trinajstić information content (AvgIpc) is 4.01. The Kier molecular flexibility index (Phi) is 19.0. The molecular formula is C57H54F6N2O8. The van der Waals surface area contributed by atoms with Crippen LogP contribution in [0.3, 0.4) is 0 Å². The fraction of sp³-hybridized carbons (Fsp3) is 0.228. The third-order valence-electron chi connectivity index (χ3n) is 11.3. The van der Waals surface area contributed by atoms with Gasteiger partial charge in [-0.05, 0) is 119 Å². The molecule has 0 aliphatic rings. The summed E-state index contributed by atoms with van der Waals surface area (Å²) in [4.78, 5) is 23.3. The largest absolute Gasteiger partial charge is 0.489 e. The molecule has 10 nitrogen and oxygen atoms in total. The lowest BCUT2D eigenvalue weighted by Gasteiger charge is -2.14. The van der Waals surface area contributed by atoms with Crippen molar-refractivity contribution in [1.29, 1.82) is 0 Å². The first-order chi connectivity index (χ1) is 33.9. The summed E-state index contributed by atoms with van der Waals surface area (Å²) in [5.74, 6) is 0.430. The van der Waals surface area contributed by atoms with E-state index in [4.69, 9.17) is 23.3 Å². The van der Waals surface area contributed by atoms with Crippen LogP contribution in [0.1, 0.15) is 95.8 Å². The summed E-state index contributed by atoms with van der Waals surface area (Å²) < 4.78 is 104. The molecule has 382 valence electrons. The molecule has 8 rings (SSSR count). The summed E-state index contributed by atoms with van der Waals surface area (Å²) in [6, 6.07) is 43.0. The lowest BCUT2D eigenvalue weighted by Crippen LogP contribution is -2.10. The molecule has 0 saturated heterocycles. The number of methoxy groups -OCH3 is 1. The van der Waals surface area contributed by atoms with E-state index >= 15 is 0 Å². The Morgan fingerprint density at radius 3 is 1.25 bits per heavy atom. The van der Waals surface area contributed by atoms with Gasteiger partial charge >= 0.3 is 24.3 Å². The van der Waals surface area contributed by atoms with E-state index in [1.54, 1.807) is 50.2 Å². The Hall–Kier alpha value is -8.14. The number of benzene rings is 6. The molecule has 73 heavy (non-hydrogen) atoms. The molecule has 0 unspecified atom stereocenters. The number of esters is 1. The molecule has 0 bridgehead atoms. The summed E-state index contributed by atoms with van der Waals surface area (Å²) in [6.45, 7) is 4.07. The van der Waals surface area contributed by atoms with Crippen LogP contribution in [0.2, 0.25) is 0 Å². The molecule has 0 fully saturated rings. The number of nitrogens with zero attached hydrogens (tertiary/aromatic N) is 2. The van der Waals surface area contributed by atoms with Gasteiger partial charge in [-0.25, -0.2) is 0 Å². The van der Waals surface area contributed by atoms with Gasteiger partial charge in [0.25, 0.3) is 0 Å². The minimum absolute atomic E-state index is 0. The van der Waals surface area contributed by atoms with E-state index in [0.717, 1.165) is 57.6 Å². The highest BCUT2D eigenvalue weighted by Gasteiger charge is 2.31. The molecule has 16 heteroatoms. The van der Waals surface area contributed by atoms with Crippen molar-refractivity contribution in [3.8, 4) is 33.8 Å². The van der Waals surface area contributed by atoms with Crippen molar-refractivity contribution in [2.75, 3.05) is 7.11 Å². The van der Waals surface area contributed by atoms with Crippen LogP contribution in [-0.2, 0) is 39.9 Å². The normalized spacial score (nSPS) is 12.0. The van der Waals surface area contributed by atoms with Gasteiger partial charge in [0.05, 0.1) is 42.5 Å². The lowest BCUT2D eigenvalue weighted by molar-refractivity contribution is -0.141. The number of aryl methyl sites for hydroxylation is 2. The molecule has 2 aromatic heterocycles. The van der Waals surface area contributed by atoms with Gasteiger partial charge in [0.2, 0.25) is 0 Å². The van der Waals surface area contributed by atoms with E-state index in [-0.39, 0.29) is 52.8 Å². The van der Waals surface area contributed by atoms with Gasteiger partial charge in [-0.3, -0.25) is 9.59 Å². The quantitative estimate of drug-likeness (QED) is 0.0736. The first-order valence-electron chi connectivity index (χ1n) is 22.1. The number of carbonyl (C=O) groups excluding carboxylic acids is 1. The standard InChI is InChI=1S/C28H24F3NO4.C27H22F3NO4.2CH4/c1-18-14-26(32-36-18)25(16-27(33)34-2)21-8-12-24(13-9-21)35-17-19-4-3-5-22(15-19)20-6-10-23(11-7-20)28(29,30)31;1-17-13-25(31-35-17)24(15-26(32)33)20-7-11-23(12-8-20)34-16-18-3-2-4-21(14-18)19-5-9-22(10-6-19)27(28,29)30;;/h3-15,25H,16-17H2,1-2H3;2-14,24H,15-16H2,1H3,(H,32,33);2*1H4/t25-;24-;;/m00../s1. The molecular weight excluding hydrogens is 955 g/mol. The van der Waals surface area contributed by atoms with Crippen LogP contribution in [0.25, 0.3) is 22.3 Å². The molecule has 6 aromatic carbocycles. The predicted octanol–water partition coefficient (Wildman–Crippen LogP) is 15.1. The number of alkyl halides is 6. The Morgan fingerprint density at radius 1 is 0.534 bits per heavy atom. The van der Waals surface area contributed by atoms with Crippen LogP contribution in [-0.4, -0.2) is 34.5 Å². The molecule has 0 radical (unpaired) electrons. The summed E-state index contributed by atoms with van der Waals surface area (Å²) in [5.41, 5.74) is 6.16. The first kappa shape index (κ1) is 55.8. The highest BCUT2D eigenvalue weighted by Crippen LogP contribution is 2.35. The van der Waals surface area contributed by atoms with Crippen molar-refractivity contribution < 1.29 is 64.3 Å². The molecule has 0 aliphatic heterocycles. The zero-order valence-electron chi connectivity index (χ0n) is 38.5. The van der Waals surface area contributed by atoms with E-state index in [1.807, 2.05) is 72.8 Å². The fourth-order valence-electron chi connectivity index (χ4n) is 7.62. The number of hydrogen-bond donors (Lipinski definition) is 1. The maximum Gasteiger partial charge on any atom is 0.416 e. The monoisotopic (exact) mass is 1010 g/mol. The Labute approximate surface area is 419 Å². The van der Waals surface area contributed by atoms with Crippen molar-refractivity contribution in [1.82, 2.24) is 10.3 Å². The molecule has 0 spiro atoms. The van der Waals surface area contributed by atoms with Gasteiger partial charge in [0, 0.05) is 24.0 Å². The summed E-state index contributed by atoms with van der Waals surface area (Å²) >= 11 is 0. The second-order valence-corrected chi connectivity index (χ2v) is 16.5.